The van der Waals surface area contributed by atoms with Crippen molar-refractivity contribution in [3.8, 4) is 11.1 Å². The van der Waals surface area contributed by atoms with Gasteiger partial charge in [0.1, 0.15) is 0 Å². The van der Waals surface area contributed by atoms with Crippen LogP contribution in [0.3, 0.4) is 0 Å². The minimum atomic E-state index is -1.59. The van der Waals surface area contributed by atoms with Gasteiger partial charge < -0.3 is 15.3 Å². The molecule has 0 aliphatic rings. The molecule has 6 nitrogen and oxygen atoms in total. The van der Waals surface area contributed by atoms with Gasteiger partial charge in [-0.15, -0.1) is 0 Å². The SMILES string of the molecule is O=C(O)c1cc(-c2ccc(I)cc2)cc(C(=O)O)c1C(=O)O. The highest BCUT2D eigenvalue weighted by Gasteiger charge is 2.25. The highest BCUT2D eigenvalue weighted by atomic mass is 127. The van der Waals surface area contributed by atoms with E-state index in [1.807, 2.05) is 0 Å². The number of rotatable bonds is 4. The fraction of sp³-hybridized carbons (Fsp3) is 0. The zero-order valence-corrected chi connectivity index (χ0v) is 13.1. The summed E-state index contributed by atoms with van der Waals surface area (Å²) in [6.07, 6.45) is 0. The lowest BCUT2D eigenvalue weighted by molar-refractivity contribution is 0.0633. The molecule has 0 aliphatic carbocycles. The molecule has 2 aromatic carbocycles. The Morgan fingerprint density at radius 1 is 0.727 bits per heavy atom. The van der Waals surface area contributed by atoms with Gasteiger partial charge >= 0.3 is 17.9 Å². The second-order valence-electron chi connectivity index (χ2n) is 4.37. The van der Waals surface area contributed by atoms with Crippen molar-refractivity contribution >= 4 is 40.5 Å². The van der Waals surface area contributed by atoms with Crippen molar-refractivity contribution in [1.29, 1.82) is 0 Å². The minimum absolute atomic E-state index is 0.330. The fourth-order valence-corrected chi connectivity index (χ4v) is 2.38. The number of hydrogen-bond donors (Lipinski definition) is 3. The summed E-state index contributed by atoms with van der Waals surface area (Å²) in [7, 11) is 0. The first kappa shape index (κ1) is 16.0. The molecule has 112 valence electrons. The molecule has 0 saturated heterocycles. The molecule has 3 N–H and O–H groups in total. The van der Waals surface area contributed by atoms with Crippen molar-refractivity contribution in [2.75, 3.05) is 0 Å². The summed E-state index contributed by atoms with van der Waals surface area (Å²) >= 11 is 2.10. The first-order chi connectivity index (χ1) is 10.3. The van der Waals surface area contributed by atoms with Crippen LogP contribution in [0.25, 0.3) is 11.1 Å². The Hall–Kier alpha value is -2.42. The summed E-state index contributed by atoms with van der Waals surface area (Å²) in [5, 5.41) is 27.5. The van der Waals surface area contributed by atoms with Gasteiger partial charge in [-0.3, -0.25) is 0 Å². The average molecular weight is 412 g/mol. The summed E-state index contributed by atoms with van der Waals surface area (Å²) in [6.45, 7) is 0. The van der Waals surface area contributed by atoms with Gasteiger partial charge in [0.25, 0.3) is 0 Å². The van der Waals surface area contributed by atoms with Crippen LogP contribution in [0.1, 0.15) is 31.1 Å². The lowest BCUT2D eigenvalue weighted by Crippen LogP contribution is -2.15. The largest absolute Gasteiger partial charge is 0.478 e. The Bertz CT molecular complexity index is 744. The van der Waals surface area contributed by atoms with Crippen molar-refractivity contribution in [1.82, 2.24) is 0 Å². The number of carbonyl (C=O) groups is 3. The Balaban J connectivity index is 2.77. The second-order valence-corrected chi connectivity index (χ2v) is 5.61. The van der Waals surface area contributed by atoms with E-state index in [4.69, 9.17) is 5.11 Å². The third-order valence-corrected chi connectivity index (χ3v) is 3.71. The summed E-state index contributed by atoms with van der Waals surface area (Å²) in [6, 6.07) is 9.30. The van der Waals surface area contributed by atoms with Crippen molar-refractivity contribution in [3.05, 3.63) is 56.7 Å². The van der Waals surface area contributed by atoms with Crippen LogP contribution < -0.4 is 0 Å². The van der Waals surface area contributed by atoms with E-state index in [0.717, 1.165) is 3.57 Å². The Morgan fingerprint density at radius 3 is 1.55 bits per heavy atom. The smallest absolute Gasteiger partial charge is 0.337 e. The van der Waals surface area contributed by atoms with E-state index in [0.29, 0.717) is 11.1 Å². The molecule has 0 saturated carbocycles. The van der Waals surface area contributed by atoms with Gasteiger partial charge in [0, 0.05) is 3.57 Å². The van der Waals surface area contributed by atoms with Crippen LogP contribution in [0.5, 0.6) is 0 Å². The standard InChI is InChI=1S/C15H9IO6/c16-9-3-1-7(2-4-9)8-5-10(13(17)18)12(15(21)22)11(6-8)14(19)20/h1-6H,(H,17,18)(H,19,20)(H,21,22). The van der Waals surface area contributed by atoms with Crippen LogP contribution in [0, 0.1) is 3.57 Å². The minimum Gasteiger partial charge on any atom is -0.478 e. The first-order valence-electron chi connectivity index (χ1n) is 5.95. The van der Waals surface area contributed by atoms with Crippen molar-refractivity contribution < 1.29 is 29.7 Å². The summed E-state index contributed by atoms with van der Waals surface area (Å²) in [5.41, 5.74) is -0.908. The van der Waals surface area contributed by atoms with Crippen LogP contribution in [0.15, 0.2) is 36.4 Å². The van der Waals surface area contributed by atoms with E-state index in [1.54, 1.807) is 24.3 Å². The molecule has 0 unspecified atom stereocenters. The molecule has 2 aromatic rings. The molecule has 2 rings (SSSR count). The predicted octanol–water partition coefficient (Wildman–Crippen LogP) is 3.05. The summed E-state index contributed by atoms with van der Waals surface area (Å²) in [4.78, 5) is 33.8. The topological polar surface area (TPSA) is 112 Å². The Kier molecular flexibility index (Phi) is 4.45. The third kappa shape index (κ3) is 3.08. The summed E-state index contributed by atoms with van der Waals surface area (Å²) < 4.78 is 0.959. The summed E-state index contributed by atoms with van der Waals surface area (Å²) in [5.74, 6) is -4.58. The number of halogens is 1. The van der Waals surface area contributed by atoms with Gasteiger partial charge in [0.05, 0.1) is 16.7 Å². The molecule has 0 amide bonds. The van der Waals surface area contributed by atoms with Crippen LogP contribution in [-0.4, -0.2) is 33.2 Å². The maximum atomic E-state index is 11.3. The Labute approximate surface area is 138 Å². The molecular weight excluding hydrogens is 403 g/mol. The predicted molar refractivity (Wildman–Crippen MR) is 85.5 cm³/mol. The molecule has 0 spiro atoms. The van der Waals surface area contributed by atoms with Crippen LogP contribution in [0.2, 0.25) is 0 Å². The average Bonchev–Trinajstić information content (AvgIpc) is 2.46. The number of aromatic carboxylic acids is 3. The molecule has 0 bridgehead atoms. The number of carboxylic acids is 3. The lowest BCUT2D eigenvalue weighted by Gasteiger charge is -2.10. The van der Waals surface area contributed by atoms with Gasteiger partial charge in [-0.25, -0.2) is 14.4 Å². The van der Waals surface area contributed by atoms with E-state index in [9.17, 15) is 24.6 Å². The normalized spacial score (nSPS) is 10.2. The Morgan fingerprint density at radius 2 is 1.18 bits per heavy atom. The van der Waals surface area contributed by atoms with E-state index < -0.39 is 34.6 Å². The molecule has 0 heterocycles. The maximum absolute atomic E-state index is 11.3. The quantitative estimate of drug-likeness (QED) is 0.666. The number of carboxylic acid groups (broad SMARTS) is 3. The van der Waals surface area contributed by atoms with Crippen LogP contribution >= 0.6 is 22.6 Å². The lowest BCUT2D eigenvalue weighted by atomic mass is 9.94. The molecule has 0 atom stereocenters. The van der Waals surface area contributed by atoms with Gasteiger partial charge in [0.15, 0.2) is 0 Å². The van der Waals surface area contributed by atoms with E-state index in [-0.39, 0.29) is 0 Å². The number of hydrogen-bond acceptors (Lipinski definition) is 3. The van der Waals surface area contributed by atoms with E-state index in [1.165, 1.54) is 12.1 Å². The highest BCUT2D eigenvalue weighted by Crippen LogP contribution is 2.27. The zero-order chi connectivity index (χ0) is 16.4. The molecule has 22 heavy (non-hydrogen) atoms. The molecular formula is C15H9IO6. The van der Waals surface area contributed by atoms with Crippen LogP contribution in [0.4, 0.5) is 0 Å². The molecule has 0 radical (unpaired) electrons. The maximum Gasteiger partial charge on any atom is 0.337 e. The fourth-order valence-electron chi connectivity index (χ4n) is 2.02. The first-order valence-corrected chi connectivity index (χ1v) is 7.03. The van der Waals surface area contributed by atoms with Gasteiger partial charge in [-0.05, 0) is 58.0 Å². The van der Waals surface area contributed by atoms with Gasteiger partial charge in [-0.1, -0.05) is 12.1 Å². The van der Waals surface area contributed by atoms with Crippen molar-refractivity contribution in [2.24, 2.45) is 0 Å². The molecule has 0 fully saturated rings. The highest BCUT2D eigenvalue weighted by molar-refractivity contribution is 14.1. The molecule has 0 aliphatic heterocycles. The van der Waals surface area contributed by atoms with E-state index in [2.05, 4.69) is 22.6 Å². The van der Waals surface area contributed by atoms with E-state index >= 15 is 0 Å². The van der Waals surface area contributed by atoms with Crippen LogP contribution in [-0.2, 0) is 0 Å². The van der Waals surface area contributed by atoms with Gasteiger partial charge in [0.2, 0.25) is 0 Å². The zero-order valence-electron chi connectivity index (χ0n) is 10.9. The molecule has 0 aromatic heterocycles. The molecule has 7 heteroatoms. The van der Waals surface area contributed by atoms with Gasteiger partial charge in [-0.2, -0.15) is 0 Å². The second kappa shape index (κ2) is 6.14. The van der Waals surface area contributed by atoms with Crippen molar-refractivity contribution in [3.63, 3.8) is 0 Å². The van der Waals surface area contributed by atoms with Crippen molar-refractivity contribution in [2.45, 2.75) is 0 Å². The number of benzene rings is 2. The monoisotopic (exact) mass is 412 g/mol. The third-order valence-electron chi connectivity index (χ3n) is 2.99.